The van der Waals surface area contributed by atoms with Gasteiger partial charge in [0, 0.05) is 0 Å². The fourth-order valence-electron chi connectivity index (χ4n) is 2.45. The molecule has 0 saturated carbocycles. The molecule has 5 heteroatoms. The van der Waals surface area contributed by atoms with E-state index in [-0.39, 0.29) is 18.1 Å². The topological polar surface area (TPSA) is 51.5 Å². The van der Waals surface area contributed by atoms with Gasteiger partial charge in [-0.05, 0) is 30.3 Å². The Morgan fingerprint density at radius 1 is 1.33 bits per heavy atom. The molecule has 1 aliphatic heterocycles. The van der Waals surface area contributed by atoms with Gasteiger partial charge in [0.2, 0.25) is 0 Å². The van der Waals surface area contributed by atoms with E-state index in [4.69, 9.17) is 8.84 Å². The molecule has 0 spiro atoms. The Morgan fingerprint density at radius 3 is 2.44 bits per heavy atom. The van der Waals surface area contributed by atoms with Gasteiger partial charge >= 0.3 is 0 Å². The van der Waals surface area contributed by atoms with Crippen molar-refractivity contribution < 1.29 is 13.6 Å². The molecule has 100 valence electrons. The number of furan rings is 1. The van der Waals surface area contributed by atoms with Gasteiger partial charge < -0.3 is 14.2 Å². The number of hydrogen-bond donors (Lipinski definition) is 1. The second kappa shape index (κ2) is 5.28. The van der Waals surface area contributed by atoms with E-state index < -0.39 is 8.32 Å². The average Bonchev–Trinajstić information content (AvgIpc) is 2.91. The summed E-state index contributed by atoms with van der Waals surface area (Å²) in [5.41, 5.74) is 0. The van der Waals surface area contributed by atoms with Gasteiger partial charge in [0.15, 0.2) is 14.4 Å². The highest BCUT2D eigenvalue weighted by molar-refractivity contribution is 6.73. The van der Waals surface area contributed by atoms with Gasteiger partial charge in [-0.3, -0.25) is 4.79 Å². The number of β-lactam (4-membered cyclic amide) rings is 1. The highest BCUT2D eigenvalue weighted by atomic mass is 28.4. The molecule has 0 bridgehead atoms. The third kappa shape index (κ3) is 2.24. The van der Waals surface area contributed by atoms with Crippen LogP contribution in [0.1, 0.15) is 32.6 Å². The molecular formula is C13H21NO3Si. The zero-order valence-corrected chi connectivity index (χ0v) is 12.2. The van der Waals surface area contributed by atoms with Crippen LogP contribution in [0.4, 0.5) is 0 Å². The van der Waals surface area contributed by atoms with Crippen molar-refractivity contribution in [3.8, 4) is 0 Å². The minimum absolute atomic E-state index is 0.0105. The molecular weight excluding hydrogens is 246 g/mol. The summed E-state index contributed by atoms with van der Waals surface area (Å²) in [6, 6.07) is 6.76. The Balaban J connectivity index is 2.09. The van der Waals surface area contributed by atoms with E-state index in [1.54, 1.807) is 6.26 Å². The van der Waals surface area contributed by atoms with Crippen LogP contribution in [0, 0.1) is 0 Å². The molecule has 0 radical (unpaired) electrons. The van der Waals surface area contributed by atoms with E-state index in [0.717, 1.165) is 23.9 Å². The van der Waals surface area contributed by atoms with E-state index in [2.05, 4.69) is 26.1 Å². The molecule has 1 amide bonds. The van der Waals surface area contributed by atoms with Crippen LogP contribution in [-0.2, 0) is 9.22 Å². The predicted molar refractivity (Wildman–Crippen MR) is 71.7 cm³/mol. The summed E-state index contributed by atoms with van der Waals surface area (Å²) >= 11 is 0. The lowest BCUT2D eigenvalue weighted by molar-refractivity contribution is -0.142. The first-order valence-corrected chi connectivity index (χ1v) is 9.20. The van der Waals surface area contributed by atoms with Crippen LogP contribution in [0.3, 0.4) is 0 Å². The zero-order valence-electron chi connectivity index (χ0n) is 11.2. The minimum atomic E-state index is -1.75. The molecule has 0 aromatic carbocycles. The number of nitrogens with one attached hydrogen (secondary N) is 1. The van der Waals surface area contributed by atoms with Crippen molar-refractivity contribution in [3.63, 3.8) is 0 Å². The number of hydrogen-bond acceptors (Lipinski definition) is 3. The fraction of sp³-hybridized carbons (Fsp3) is 0.615. The van der Waals surface area contributed by atoms with Gasteiger partial charge in [-0.1, -0.05) is 20.8 Å². The average molecular weight is 267 g/mol. The smallest absolute Gasteiger partial charge is 0.251 e. The summed E-state index contributed by atoms with van der Waals surface area (Å²) in [5, 5.41) is 2.85. The molecule has 2 heterocycles. The summed E-state index contributed by atoms with van der Waals surface area (Å²) in [6.45, 7) is 6.49. The van der Waals surface area contributed by atoms with Crippen molar-refractivity contribution in [1.29, 1.82) is 0 Å². The Morgan fingerprint density at radius 2 is 2.00 bits per heavy atom. The first-order valence-electron chi connectivity index (χ1n) is 6.67. The summed E-state index contributed by atoms with van der Waals surface area (Å²) in [4.78, 5) is 11.7. The molecule has 1 aromatic rings. The molecule has 2 atom stereocenters. The van der Waals surface area contributed by atoms with Gasteiger partial charge in [-0.2, -0.15) is 0 Å². The predicted octanol–water partition coefficient (Wildman–Crippen LogP) is 2.84. The van der Waals surface area contributed by atoms with Crippen LogP contribution in [0.2, 0.25) is 18.1 Å². The first-order chi connectivity index (χ1) is 8.65. The van der Waals surface area contributed by atoms with Crippen LogP contribution in [0.15, 0.2) is 22.8 Å². The summed E-state index contributed by atoms with van der Waals surface area (Å²) < 4.78 is 11.6. The van der Waals surface area contributed by atoms with Gasteiger partial charge in [-0.15, -0.1) is 0 Å². The molecule has 1 aromatic heterocycles. The molecule has 1 saturated heterocycles. The normalized spacial score (nSPS) is 23.6. The van der Waals surface area contributed by atoms with Crippen molar-refractivity contribution in [1.82, 2.24) is 5.32 Å². The van der Waals surface area contributed by atoms with Crippen LogP contribution in [0.25, 0.3) is 0 Å². The zero-order chi connectivity index (χ0) is 13.2. The largest absolute Gasteiger partial charge is 0.467 e. The minimum Gasteiger partial charge on any atom is -0.467 e. The van der Waals surface area contributed by atoms with E-state index in [1.807, 2.05) is 12.1 Å². The van der Waals surface area contributed by atoms with Crippen molar-refractivity contribution in [2.24, 2.45) is 0 Å². The lowest BCUT2D eigenvalue weighted by Crippen LogP contribution is -2.60. The standard InChI is InChI=1S/C13H21NO3Si/c1-4-18(5-2,6-3)17-12-11(14-13(12)15)10-8-7-9-16-10/h7-9,11-12H,4-6H2,1-3H3,(H,14,15). The molecule has 1 N–H and O–H groups in total. The second-order valence-corrected chi connectivity index (χ2v) is 9.51. The van der Waals surface area contributed by atoms with E-state index in [9.17, 15) is 4.79 Å². The van der Waals surface area contributed by atoms with Gasteiger partial charge in [0.25, 0.3) is 5.91 Å². The van der Waals surface area contributed by atoms with E-state index >= 15 is 0 Å². The van der Waals surface area contributed by atoms with Crippen molar-refractivity contribution in [2.45, 2.75) is 51.0 Å². The third-order valence-corrected chi connectivity index (χ3v) is 8.64. The maximum absolute atomic E-state index is 11.7. The number of carbonyl (C=O) groups excluding carboxylic acids is 1. The van der Waals surface area contributed by atoms with Crippen molar-refractivity contribution in [3.05, 3.63) is 24.2 Å². The highest BCUT2D eigenvalue weighted by Gasteiger charge is 2.47. The number of amides is 1. The summed E-state index contributed by atoms with van der Waals surface area (Å²) in [7, 11) is -1.75. The lowest BCUT2D eigenvalue weighted by atomic mass is 10.0. The number of carbonyl (C=O) groups is 1. The monoisotopic (exact) mass is 267 g/mol. The Labute approximate surface area is 109 Å². The summed E-state index contributed by atoms with van der Waals surface area (Å²) in [6.07, 6.45) is 1.27. The SMILES string of the molecule is CC[Si](CC)(CC)OC1C(=O)NC1c1ccco1. The van der Waals surface area contributed by atoms with Gasteiger partial charge in [0.05, 0.1) is 6.26 Å². The molecule has 2 rings (SSSR count). The molecule has 1 fully saturated rings. The van der Waals surface area contributed by atoms with E-state index in [0.29, 0.717) is 0 Å². The lowest BCUT2D eigenvalue weighted by Gasteiger charge is -2.41. The van der Waals surface area contributed by atoms with Crippen LogP contribution in [0.5, 0.6) is 0 Å². The van der Waals surface area contributed by atoms with Gasteiger partial charge in [0.1, 0.15) is 11.8 Å². The second-order valence-electron chi connectivity index (χ2n) is 4.78. The van der Waals surface area contributed by atoms with Crippen LogP contribution >= 0.6 is 0 Å². The van der Waals surface area contributed by atoms with Crippen LogP contribution < -0.4 is 5.32 Å². The maximum Gasteiger partial charge on any atom is 0.251 e. The summed E-state index contributed by atoms with van der Waals surface area (Å²) in [5.74, 6) is 0.773. The quantitative estimate of drug-likeness (QED) is 0.637. The Bertz CT molecular complexity index is 392. The van der Waals surface area contributed by atoms with E-state index in [1.165, 1.54) is 0 Å². The Hall–Kier alpha value is -1.07. The highest BCUT2D eigenvalue weighted by Crippen LogP contribution is 2.33. The maximum atomic E-state index is 11.7. The Kier molecular flexibility index (Phi) is 3.92. The molecule has 1 aliphatic rings. The van der Waals surface area contributed by atoms with Crippen molar-refractivity contribution in [2.75, 3.05) is 0 Å². The molecule has 0 aliphatic carbocycles. The van der Waals surface area contributed by atoms with Crippen LogP contribution in [-0.4, -0.2) is 20.3 Å². The molecule has 4 nitrogen and oxygen atoms in total. The molecule has 18 heavy (non-hydrogen) atoms. The third-order valence-electron chi connectivity index (χ3n) is 4.02. The molecule has 2 unspecified atom stereocenters. The van der Waals surface area contributed by atoms with Crippen molar-refractivity contribution >= 4 is 14.2 Å². The first kappa shape index (κ1) is 13.4. The fourth-order valence-corrected chi connectivity index (χ4v) is 5.23. The van der Waals surface area contributed by atoms with Gasteiger partial charge in [-0.25, -0.2) is 0 Å². The number of rotatable bonds is 6.